The van der Waals surface area contributed by atoms with Crippen LogP contribution in [0.5, 0.6) is 0 Å². The summed E-state index contributed by atoms with van der Waals surface area (Å²) in [5.74, 6) is 3.77. The fraction of sp³-hybridized carbons (Fsp3) is 0.526. The first kappa shape index (κ1) is 17.4. The van der Waals surface area contributed by atoms with Gasteiger partial charge in [-0.1, -0.05) is 6.07 Å². The summed E-state index contributed by atoms with van der Waals surface area (Å²) in [6.07, 6.45) is 6.82. The van der Waals surface area contributed by atoms with E-state index in [1.807, 2.05) is 30.0 Å². The normalized spacial score (nSPS) is 14.3. The number of aryl methyl sites for hydroxylation is 1. The summed E-state index contributed by atoms with van der Waals surface area (Å²) in [6.45, 7) is 7.17. The second kappa shape index (κ2) is 7.31. The third-order valence-corrected chi connectivity index (χ3v) is 5.61. The van der Waals surface area contributed by atoms with Gasteiger partial charge in [0.25, 0.3) is 0 Å². The quantitative estimate of drug-likeness (QED) is 0.607. The van der Waals surface area contributed by atoms with Crippen molar-refractivity contribution in [3.63, 3.8) is 0 Å². The van der Waals surface area contributed by atoms with Crippen molar-refractivity contribution >= 4 is 23.4 Å². The Bertz CT molecular complexity index is 895. The summed E-state index contributed by atoms with van der Waals surface area (Å²) in [5.41, 5.74) is 3.01. The van der Waals surface area contributed by atoms with Crippen LogP contribution in [0.15, 0.2) is 24.4 Å². The maximum Gasteiger partial charge on any atom is 0.227 e. The molecule has 26 heavy (non-hydrogen) atoms. The van der Waals surface area contributed by atoms with E-state index >= 15 is 0 Å². The zero-order valence-electron chi connectivity index (χ0n) is 15.7. The first-order chi connectivity index (χ1) is 12.7. The molecule has 0 saturated heterocycles. The van der Waals surface area contributed by atoms with Crippen molar-refractivity contribution in [1.82, 2.24) is 24.1 Å². The third-order valence-electron chi connectivity index (χ3n) is 5.01. The average Bonchev–Trinajstić information content (AvgIpc) is 3.29. The number of hydrogen-bond donors (Lipinski definition) is 0. The van der Waals surface area contributed by atoms with Gasteiger partial charge >= 0.3 is 0 Å². The second-order valence-corrected chi connectivity index (χ2v) is 7.91. The predicted molar refractivity (Wildman–Crippen MR) is 108 cm³/mol. The van der Waals surface area contributed by atoms with Gasteiger partial charge in [-0.25, -0.2) is 4.98 Å². The standard InChI is InChI=1S/C19H26N6S/c1-4-23(11-12-26-3)19-22-21-18(25(19)13-15-8-9-15)17-14(2)20-16-7-5-6-10-24(16)17/h5-7,10,15H,4,8-9,11-13H2,1-3H3. The molecular weight excluding hydrogens is 344 g/mol. The van der Waals surface area contributed by atoms with Crippen LogP contribution in [0.3, 0.4) is 0 Å². The van der Waals surface area contributed by atoms with E-state index in [-0.39, 0.29) is 0 Å². The maximum absolute atomic E-state index is 4.71. The molecule has 0 bridgehead atoms. The molecule has 0 N–H and O–H groups in total. The van der Waals surface area contributed by atoms with Crippen LogP contribution in [0.4, 0.5) is 5.95 Å². The number of anilines is 1. The Balaban J connectivity index is 1.81. The first-order valence-corrected chi connectivity index (χ1v) is 10.7. The Kier molecular flexibility index (Phi) is 4.89. The minimum Gasteiger partial charge on any atom is -0.340 e. The number of nitrogens with zero attached hydrogens (tertiary/aromatic N) is 6. The van der Waals surface area contributed by atoms with Gasteiger partial charge < -0.3 is 4.90 Å². The zero-order chi connectivity index (χ0) is 18.1. The number of thioether (sulfide) groups is 1. The highest BCUT2D eigenvalue weighted by Crippen LogP contribution is 2.35. The number of aromatic nitrogens is 5. The van der Waals surface area contributed by atoms with Gasteiger partial charge in [-0.05, 0) is 51.0 Å². The van der Waals surface area contributed by atoms with Crippen LogP contribution in [-0.2, 0) is 6.54 Å². The number of fused-ring (bicyclic) bond motifs is 1. The van der Waals surface area contributed by atoms with Crippen molar-refractivity contribution in [3.8, 4) is 11.5 Å². The van der Waals surface area contributed by atoms with Crippen molar-refractivity contribution in [1.29, 1.82) is 0 Å². The van der Waals surface area contributed by atoms with E-state index in [1.54, 1.807) is 0 Å². The summed E-state index contributed by atoms with van der Waals surface area (Å²) in [6, 6.07) is 6.10. The predicted octanol–water partition coefficient (Wildman–Crippen LogP) is 3.50. The molecule has 0 unspecified atom stereocenters. The number of pyridine rings is 1. The fourth-order valence-electron chi connectivity index (χ4n) is 3.41. The minimum absolute atomic E-state index is 0.752. The molecule has 0 aliphatic heterocycles. The summed E-state index contributed by atoms with van der Waals surface area (Å²) in [4.78, 5) is 7.06. The maximum atomic E-state index is 4.71. The van der Waals surface area contributed by atoms with Gasteiger partial charge in [-0.3, -0.25) is 8.97 Å². The molecule has 0 spiro atoms. The molecule has 0 atom stereocenters. The summed E-state index contributed by atoms with van der Waals surface area (Å²) < 4.78 is 4.45. The molecule has 1 aliphatic rings. The average molecular weight is 371 g/mol. The zero-order valence-corrected chi connectivity index (χ0v) is 16.5. The molecule has 138 valence electrons. The van der Waals surface area contributed by atoms with E-state index in [0.29, 0.717) is 0 Å². The molecular formula is C19H26N6S. The Hall–Kier alpha value is -2.02. The third kappa shape index (κ3) is 3.20. The van der Waals surface area contributed by atoms with E-state index in [4.69, 9.17) is 4.98 Å². The Morgan fingerprint density at radius 3 is 2.85 bits per heavy atom. The van der Waals surface area contributed by atoms with E-state index in [9.17, 15) is 0 Å². The van der Waals surface area contributed by atoms with Crippen LogP contribution in [0.25, 0.3) is 17.2 Å². The largest absolute Gasteiger partial charge is 0.340 e. The lowest BCUT2D eigenvalue weighted by molar-refractivity contribution is 0.616. The van der Waals surface area contributed by atoms with Crippen LogP contribution in [0.2, 0.25) is 0 Å². The van der Waals surface area contributed by atoms with Crippen LogP contribution < -0.4 is 4.90 Å². The minimum atomic E-state index is 0.752. The van der Waals surface area contributed by atoms with Crippen molar-refractivity contribution in [2.24, 2.45) is 5.92 Å². The highest BCUT2D eigenvalue weighted by atomic mass is 32.2. The number of hydrogen-bond acceptors (Lipinski definition) is 5. The van der Waals surface area contributed by atoms with Gasteiger partial charge in [0.1, 0.15) is 11.3 Å². The van der Waals surface area contributed by atoms with Gasteiger partial charge in [0.05, 0.1) is 5.69 Å². The lowest BCUT2D eigenvalue weighted by Crippen LogP contribution is -2.29. The smallest absolute Gasteiger partial charge is 0.227 e. The highest BCUT2D eigenvalue weighted by molar-refractivity contribution is 7.98. The second-order valence-electron chi connectivity index (χ2n) is 6.92. The van der Waals surface area contributed by atoms with Gasteiger partial charge in [0, 0.05) is 31.6 Å². The van der Waals surface area contributed by atoms with E-state index in [1.165, 1.54) is 12.8 Å². The molecule has 3 heterocycles. The van der Waals surface area contributed by atoms with E-state index in [0.717, 1.165) is 60.1 Å². The lowest BCUT2D eigenvalue weighted by Gasteiger charge is -2.22. The van der Waals surface area contributed by atoms with Crippen molar-refractivity contribution in [2.45, 2.75) is 33.2 Å². The molecule has 0 radical (unpaired) electrons. The van der Waals surface area contributed by atoms with Crippen LogP contribution in [-0.4, -0.2) is 49.2 Å². The topological polar surface area (TPSA) is 51.3 Å². The SMILES string of the molecule is CCN(CCSC)c1nnc(-c2c(C)nc3ccccn23)n1CC1CC1. The number of rotatable bonds is 8. The molecule has 1 aliphatic carbocycles. The molecule has 0 aromatic carbocycles. The summed E-state index contributed by atoms with van der Waals surface area (Å²) in [7, 11) is 0. The molecule has 6 nitrogen and oxygen atoms in total. The number of imidazole rings is 1. The lowest BCUT2D eigenvalue weighted by atomic mass is 10.3. The van der Waals surface area contributed by atoms with Gasteiger partial charge in [-0.2, -0.15) is 11.8 Å². The summed E-state index contributed by atoms with van der Waals surface area (Å²) >= 11 is 1.87. The molecule has 4 rings (SSSR count). The molecule has 3 aromatic heterocycles. The Labute approximate surface area is 158 Å². The molecule has 7 heteroatoms. The van der Waals surface area contributed by atoms with E-state index in [2.05, 4.69) is 50.4 Å². The van der Waals surface area contributed by atoms with Gasteiger partial charge in [-0.15, -0.1) is 10.2 Å². The van der Waals surface area contributed by atoms with E-state index < -0.39 is 0 Å². The monoisotopic (exact) mass is 370 g/mol. The highest BCUT2D eigenvalue weighted by Gasteiger charge is 2.28. The molecule has 1 fully saturated rings. The fourth-order valence-corrected chi connectivity index (χ4v) is 3.82. The van der Waals surface area contributed by atoms with Crippen molar-refractivity contribution in [3.05, 3.63) is 30.1 Å². The van der Waals surface area contributed by atoms with Crippen molar-refractivity contribution in [2.75, 3.05) is 30.0 Å². The van der Waals surface area contributed by atoms with Gasteiger partial charge in [0.2, 0.25) is 5.95 Å². The molecule has 3 aromatic rings. The molecule has 0 amide bonds. The summed E-state index contributed by atoms with van der Waals surface area (Å²) in [5, 5.41) is 9.24. The van der Waals surface area contributed by atoms with Crippen LogP contribution in [0.1, 0.15) is 25.5 Å². The van der Waals surface area contributed by atoms with Crippen LogP contribution in [0, 0.1) is 12.8 Å². The van der Waals surface area contributed by atoms with Gasteiger partial charge in [0.15, 0.2) is 5.82 Å². The molecule has 1 saturated carbocycles. The van der Waals surface area contributed by atoms with Crippen LogP contribution >= 0.6 is 11.8 Å². The Morgan fingerprint density at radius 2 is 2.12 bits per heavy atom. The first-order valence-electron chi connectivity index (χ1n) is 9.34. The van der Waals surface area contributed by atoms with Crippen molar-refractivity contribution < 1.29 is 0 Å². The Morgan fingerprint density at radius 1 is 1.27 bits per heavy atom.